The van der Waals surface area contributed by atoms with E-state index in [0.717, 1.165) is 22.2 Å². The summed E-state index contributed by atoms with van der Waals surface area (Å²) in [6, 6.07) is 18.6. The lowest BCUT2D eigenvalue weighted by molar-refractivity contribution is 0.317. The molecule has 0 atom stereocenters. The zero-order valence-electron chi connectivity index (χ0n) is 15.6. The second kappa shape index (κ2) is 8.69. The molecule has 0 spiro atoms. The molecule has 8 heteroatoms. The van der Waals surface area contributed by atoms with Crippen LogP contribution in [0, 0.1) is 0 Å². The maximum Gasteiger partial charge on any atom is 0.271 e. The largest absolute Gasteiger partial charge is 0.492 e. The number of nitrogens with one attached hydrogen (secondary N) is 3. The molecule has 0 amide bonds. The first-order valence-corrected chi connectivity index (χ1v) is 11.5. The number of rotatable bonds is 9. The molecule has 0 aliphatic carbocycles. The van der Waals surface area contributed by atoms with Crippen LogP contribution in [0.1, 0.15) is 5.56 Å². The molecule has 4 aromatic rings. The number of hydrogen-bond donors (Lipinski definition) is 3. The molecule has 2 aromatic heterocycles. The fraction of sp³-hybridized carbons (Fsp3) is 0.143. The van der Waals surface area contributed by atoms with Gasteiger partial charge in [0.25, 0.3) is 10.0 Å². The SMILES string of the molecule is O=S(=O)(Nc1cccc(CNCCOc2cccc3[nH]ccc23)c1)c1cccs1. The summed E-state index contributed by atoms with van der Waals surface area (Å²) in [5.41, 5.74) is 2.59. The van der Waals surface area contributed by atoms with Crippen LogP contribution in [0.3, 0.4) is 0 Å². The van der Waals surface area contributed by atoms with Gasteiger partial charge in [0.15, 0.2) is 0 Å². The van der Waals surface area contributed by atoms with Gasteiger partial charge in [0, 0.05) is 35.9 Å². The summed E-state index contributed by atoms with van der Waals surface area (Å²) in [5.74, 6) is 0.857. The van der Waals surface area contributed by atoms with Crippen LogP contribution >= 0.6 is 11.3 Å². The molecule has 0 unspecified atom stereocenters. The van der Waals surface area contributed by atoms with Gasteiger partial charge >= 0.3 is 0 Å². The monoisotopic (exact) mass is 427 g/mol. The van der Waals surface area contributed by atoms with Crippen molar-refractivity contribution >= 4 is 38.0 Å². The van der Waals surface area contributed by atoms with Crippen LogP contribution in [0.2, 0.25) is 0 Å². The molecule has 0 radical (unpaired) electrons. The van der Waals surface area contributed by atoms with Crippen molar-refractivity contribution in [2.45, 2.75) is 10.8 Å². The first-order valence-electron chi connectivity index (χ1n) is 9.17. The van der Waals surface area contributed by atoms with Gasteiger partial charge in [-0.15, -0.1) is 11.3 Å². The Morgan fingerprint density at radius 1 is 1.03 bits per heavy atom. The summed E-state index contributed by atoms with van der Waals surface area (Å²) in [6.07, 6.45) is 1.90. The lowest BCUT2D eigenvalue weighted by atomic mass is 10.2. The van der Waals surface area contributed by atoms with E-state index in [9.17, 15) is 8.42 Å². The fourth-order valence-corrected chi connectivity index (χ4v) is 5.06. The number of sulfonamides is 1. The number of aromatic nitrogens is 1. The molecule has 2 aromatic carbocycles. The van der Waals surface area contributed by atoms with Gasteiger partial charge in [0.2, 0.25) is 0 Å². The standard InChI is InChI=1S/C21H21N3O3S2/c25-29(26,21-8-3-13-28-21)24-17-5-1-4-16(14-17)15-22-11-12-27-20-7-2-6-19-18(20)9-10-23-19/h1-10,13-14,22-24H,11-12,15H2. The maximum atomic E-state index is 12.3. The van der Waals surface area contributed by atoms with E-state index < -0.39 is 10.0 Å². The predicted molar refractivity (Wildman–Crippen MR) is 117 cm³/mol. The lowest BCUT2D eigenvalue weighted by Crippen LogP contribution is -2.20. The molecule has 0 aliphatic rings. The molecular weight excluding hydrogens is 406 g/mol. The average Bonchev–Trinajstić information content (AvgIpc) is 3.40. The molecule has 0 bridgehead atoms. The van der Waals surface area contributed by atoms with Crippen molar-refractivity contribution in [3.8, 4) is 5.75 Å². The normalized spacial score (nSPS) is 11.6. The van der Waals surface area contributed by atoms with Gasteiger partial charge in [0.05, 0.1) is 0 Å². The minimum Gasteiger partial charge on any atom is -0.492 e. The maximum absolute atomic E-state index is 12.3. The quantitative estimate of drug-likeness (QED) is 0.350. The van der Waals surface area contributed by atoms with E-state index in [1.807, 2.05) is 48.7 Å². The number of benzene rings is 2. The highest BCUT2D eigenvalue weighted by Gasteiger charge is 2.15. The summed E-state index contributed by atoms with van der Waals surface area (Å²) in [4.78, 5) is 3.17. The Morgan fingerprint density at radius 3 is 2.79 bits per heavy atom. The van der Waals surface area contributed by atoms with Gasteiger partial charge in [-0.2, -0.15) is 0 Å². The Hall–Kier alpha value is -2.81. The molecule has 2 heterocycles. The van der Waals surface area contributed by atoms with E-state index in [1.165, 1.54) is 11.3 Å². The number of hydrogen-bond acceptors (Lipinski definition) is 5. The van der Waals surface area contributed by atoms with Crippen molar-refractivity contribution in [2.75, 3.05) is 17.9 Å². The van der Waals surface area contributed by atoms with E-state index in [0.29, 0.717) is 29.6 Å². The topological polar surface area (TPSA) is 83.2 Å². The van der Waals surface area contributed by atoms with Crippen molar-refractivity contribution in [3.05, 3.63) is 77.8 Å². The van der Waals surface area contributed by atoms with Gasteiger partial charge in [-0.25, -0.2) is 8.42 Å². The zero-order chi connectivity index (χ0) is 20.1. The van der Waals surface area contributed by atoms with E-state index in [4.69, 9.17) is 4.74 Å². The van der Waals surface area contributed by atoms with Gasteiger partial charge < -0.3 is 15.0 Å². The van der Waals surface area contributed by atoms with Crippen LogP contribution in [0.4, 0.5) is 5.69 Å². The highest BCUT2D eigenvalue weighted by Crippen LogP contribution is 2.24. The average molecular weight is 428 g/mol. The molecule has 6 nitrogen and oxygen atoms in total. The van der Waals surface area contributed by atoms with Crippen LogP contribution in [-0.4, -0.2) is 26.6 Å². The molecule has 0 fully saturated rings. The van der Waals surface area contributed by atoms with Crippen molar-refractivity contribution in [3.63, 3.8) is 0 Å². The third kappa shape index (κ3) is 4.79. The van der Waals surface area contributed by atoms with Crippen molar-refractivity contribution < 1.29 is 13.2 Å². The third-order valence-corrected chi connectivity index (χ3v) is 7.14. The van der Waals surface area contributed by atoms with E-state index >= 15 is 0 Å². The second-order valence-corrected chi connectivity index (χ2v) is 9.32. The molecule has 0 aliphatic heterocycles. The Morgan fingerprint density at radius 2 is 1.93 bits per heavy atom. The zero-order valence-corrected chi connectivity index (χ0v) is 17.2. The Bertz CT molecular complexity index is 1180. The predicted octanol–water partition coefficient (Wildman–Crippen LogP) is 4.20. The van der Waals surface area contributed by atoms with E-state index in [-0.39, 0.29) is 0 Å². The number of aromatic amines is 1. The molecular formula is C21H21N3O3S2. The van der Waals surface area contributed by atoms with Crippen molar-refractivity contribution in [2.24, 2.45) is 0 Å². The molecule has 29 heavy (non-hydrogen) atoms. The van der Waals surface area contributed by atoms with Crippen molar-refractivity contribution in [1.29, 1.82) is 0 Å². The molecule has 3 N–H and O–H groups in total. The van der Waals surface area contributed by atoms with Crippen LogP contribution in [0.15, 0.2) is 76.4 Å². The number of fused-ring (bicyclic) bond motifs is 1. The van der Waals surface area contributed by atoms with Crippen LogP contribution in [0.25, 0.3) is 10.9 Å². The first-order chi connectivity index (χ1) is 14.1. The van der Waals surface area contributed by atoms with E-state index in [1.54, 1.807) is 23.6 Å². The highest BCUT2D eigenvalue weighted by atomic mass is 32.2. The van der Waals surface area contributed by atoms with Gasteiger partial charge in [-0.3, -0.25) is 4.72 Å². The van der Waals surface area contributed by atoms with Crippen LogP contribution in [-0.2, 0) is 16.6 Å². The van der Waals surface area contributed by atoms with Gasteiger partial charge in [0.1, 0.15) is 16.6 Å². The summed E-state index contributed by atoms with van der Waals surface area (Å²) < 4.78 is 33.5. The minimum absolute atomic E-state index is 0.301. The number of H-pyrrole nitrogens is 1. The Balaban J connectivity index is 1.28. The van der Waals surface area contributed by atoms with Crippen molar-refractivity contribution in [1.82, 2.24) is 10.3 Å². The Kier molecular flexibility index (Phi) is 5.84. The Labute approximate surface area is 173 Å². The number of thiophene rings is 1. The summed E-state index contributed by atoms with van der Waals surface area (Å²) in [6.45, 7) is 1.83. The fourth-order valence-electron chi connectivity index (χ4n) is 3.01. The van der Waals surface area contributed by atoms with E-state index in [2.05, 4.69) is 15.0 Å². The molecule has 0 saturated carbocycles. The molecule has 0 saturated heterocycles. The number of anilines is 1. The third-order valence-electron chi connectivity index (χ3n) is 4.36. The van der Waals surface area contributed by atoms with Gasteiger partial charge in [-0.05, 0) is 47.3 Å². The van der Waals surface area contributed by atoms with Gasteiger partial charge in [-0.1, -0.05) is 24.3 Å². The molecule has 150 valence electrons. The summed E-state index contributed by atoms with van der Waals surface area (Å²) in [7, 11) is -3.53. The molecule has 4 rings (SSSR count). The smallest absolute Gasteiger partial charge is 0.271 e. The van der Waals surface area contributed by atoms with Crippen LogP contribution in [0.5, 0.6) is 5.75 Å². The first kappa shape index (κ1) is 19.5. The summed E-state index contributed by atoms with van der Waals surface area (Å²) in [5, 5.41) is 6.13. The number of ether oxygens (including phenoxy) is 1. The summed E-state index contributed by atoms with van der Waals surface area (Å²) >= 11 is 1.19. The minimum atomic E-state index is -3.53. The second-order valence-electron chi connectivity index (χ2n) is 6.46. The lowest BCUT2D eigenvalue weighted by Gasteiger charge is -2.10. The van der Waals surface area contributed by atoms with Crippen LogP contribution < -0.4 is 14.8 Å². The highest BCUT2D eigenvalue weighted by molar-refractivity contribution is 7.94.